The van der Waals surface area contributed by atoms with Crippen molar-refractivity contribution >= 4 is 28.6 Å². The second-order valence-electron chi connectivity index (χ2n) is 2.80. The van der Waals surface area contributed by atoms with Crippen molar-refractivity contribution in [1.29, 1.82) is 0 Å². The fraction of sp³-hybridized carbons (Fsp3) is 0. The third-order valence-corrected chi connectivity index (χ3v) is 2.90. The van der Waals surface area contributed by atoms with E-state index in [4.69, 9.17) is 23.1 Å². The molecule has 0 aliphatic carbocycles. The van der Waals surface area contributed by atoms with Crippen LogP contribution in [-0.2, 0) is 0 Å². The molecule has 0 aliphatic heterocycles. The van der Waals surface area contributed by atoms with Crippen LogP contribution in [0.5, 0.6) is 5.75 Å². The Hall–Kier alpha value is -1.33. The summed E-state index contributed by atoms with van der Waals surface area (Å²) in [4.78, 5) is 3.01. The number of phenols is 1. The van der Waals surface area contributed by atoms with Crippen LogP contribution in [0, 0.1) is 3.95 Å². The summed E-state index contributed by atoms with van der Waals surface area (Å²) in [5.41, 5.74) is 7.51. The maximum atomic E-state index is 9.12. The molecule has 72 valence electrons. The molecule has 0 saturated heterocycles. The number of thiazole rings is 1. The number of aromatic hydroxyl groups is 1. The van der Waals surface area contributed by atoms with Gasteiger partial charge in [-0.3, -0.25) is 0 Å². The van der Waals surface area contributed by atoms with Gasteiger partial charge in [-0.15, -0.1) is 0 Å². The maximum Gasteiger partial charge on any atom is 0.160 e. The number of nitrogens with one attached hydrogen (secondary N) is 1. The van der Waals surface area contributed by atoms with Gasteiger partial charge in [-0.2, -0.15) is 0 Å². The zero-order valence-corrected chi connectivity index (χ0v) is 8.78. The number of aromatic nitrogens is 1. The van der Waals surface area contributed by atoms with Crippen LogP contribution in [0.25, 0.3) is 11.3 Å². The molecule has 4 N–H and O–H groups in total. The number of anilines is 1. The van der Waals surface area contributed by atoms with Gasteiger partial charge in [0.1, 0.15) is 10.8 Å². The first-order chi connectivity index (χ1) is 6.66. The number of rotatable bonds is 1. The number of benzene rings is 1. The van der Waals surface area contributed by atoms with Gasteiger partial charge in [-0.05, 0) is 36.5 Å². The van der Waals surface area contributed by atoms with Crippen LogP contribution in [0.15, 0.2) is 24.3 Å². The smallest absolute Gasteiger partial charge is 0.160 e. The molecule has 14 heavy (non-hydrogen) atoms. The Morgan fingerprint density at radius 1 is 1.29 bits per heavy atom. The highest BCUT2D eigenvalue weighted by Gasteiger charge is 2.04. The van der Waals surface area contributed by atoms with Crippen molar-refractivity contribution < 1.29 is 5.11 Å². The molecule has 0 aliphatic rings. The number of aromatic amines is 1. The summed E-state index contributed by atoms with van der Waals surface area (Å²) in [6.07, 6.45) is 0. The molecule has 3 nitrogen and oxygen atoms in total. The molecule has 1 aromatic carbocycles. The number of phenolic OH excluding ortho intramolecular Hbond substituents is 1. The highest BCUT2D eigenvalue weighted by Crippen LogP contribution is 2.29. The molecule has 2 aromatic rings. The number of nitrogens with two attached hydrogens (primary N) is 1. The zero-order valence-electron chi connectivity index (χ0n) is 7.15. The van der Waals surface area contributed by atoms with Crippen LogP contribution in [0.3, 0.4) is 0 Å². The number of hydrogen-bond acceptors (Lipinski definition) is 4. The van der Waals surface area contributed by atoms with Gasteiger partial charge in [0.2, 0.25) is 0 Å². The zero-order chi connectivity index (χ0) is 10.1. The van der Waals surface area contributed by atoms with Crippen molar-refractivity contribution in [2.45, 2.75) is 0 Å². The van der Waals surface area contributed by atoms with Crippen molar-refractivity contribution in [2.75, 3.05) is 5.73 Å². The van der Waals surface area contributed by atoms with E-state index in [1.54, 1.807) is 24.3 Å². The minimum Gasteiger partial charge on any atom is -0.508 e. The number of hydrogen-bond donors (Lipinski definition) is 3. The first kappa shape index (κ1) is 9.23. The normalized spacial score (nSPS) is 10.3. The van der Waals surface area contributed by atoms with Gasteiger partial charge < -0.3 is 15.8 Å². The Morgan fingerprint density at radius 3 is 2.43 bits per heavy atom. The molecule has 0 saturated carbocycles. The Labute approximate surface area is 89.8 Å². The number of nitrogen functional groups attached to an aromatic ring is 1. The number of H-pyrrole nitrogens is 1. The predicted octanol–water partition coefficient (Wildman–Crippen LogP) is 2.76. The fourth-order valence-electron chi connectivity index (χ4n) is 1.18. The van der Waals surface area contributed by atoms with E-state index in [2.05, 4.69) is 4.98 Å². The van der Waals surface area contributed by atoms with E-state index in [-0.39, 0.29) is 5.75 Å². The molecule has 1 heterocycles. The van der Waals surface area contributed by atoms with E-state index in [9.17, 15) is 0 Å². The molecule has 0 unspecified atom stereocenters. The summed E-state index contributed by atoms with van der Waals surface area (Å²) >= 11 is 6.32. The quantitative estimate of drug-likeness (QED) is 0.653. The van der Waals surface area contributed by atoms with E-state index in [1.807, 2.05) is 0 Å². The highest BCUT2D eigenvalue weighted by molar-refractivity contribution is 7.73. The monoisotopic (exact) mass is 224 g/mol. The molecule has 2 rings (SSSR count). The van der Waals surface area contributed by atoms with Crippen molar-refractivity contribution in [3.63, 3.8) is 0 Å². The summed E-state index contributed by atoms with van der Waals surface area (Å²) < 4.78 is 0.658. The lowest BCUT2D eigenvalue weighted by molar-refractivity contribution is 0.475. The molecule has 5 heteroatoms. The van der Waals surface area contributed by atoms with Crippen molar-refractivity contribution in [1.82, 2.24) is 4.98 Å². The van der Waals surface area contributed by atoms with Crippen LogP contribution >= 0.6 is 23.6 Å². The molecular weight excluding hydrogens is 216 g/mol. The van der Waals surface area contributed by atoms with Gasteiger partial charge in [0.05, 0.1) is 5.69 Å². The van der Waals surface area contributed by atoms with Gasteiger partial charge >= 0.3 is 0 Å². The fourth-order valence-corrected chi connectivity index (χ4v) is 2.18. The summed E-state index contributed by atoms with van der Waals surface area (Å²) in [5.74, 6) is 0.237. The van der Waals surface area contributed by atoms with E-state index < -0.39 is 0 Å². The van der Waals surface area contributed by atoms with Crippen LogP contribution in [0.2, 0.25) is 0 Å². The molecular formula is C9H8N2OS2. The topological polar surface area (TPSA) is 62.0 Å². The largest absolute Gasteiger partial charge is 0.508 e. The van der Waals surface area contributed by atoms with Crippen LogP contribution in [0.1, 0.15) is 0 Å². The summed E-state index contributed by atoms with van der Waals surface area (Å²) in [7, 11) is 0. The van der Waals surface area contributed by atoms with Gasteiger partial charge in [-0.1, -0.05) is 11.3 Å². The average Bonchev–Trinajstić information content (AvgIpc) is 2.47. The van der Waals surface area contributed by atoms with Crippen molar-refractivity contribution in [3.8, 4) is 17.0 Å². The Morgan fingerprint density at radius 2 is 1.93 bits per heavy atom. The lowest BCUT2D eigenvalue weighted by Gasteiger charge is -1.98. The third kappa shape index (κ3) is 1.64. The van der Waals surface area contributed by atoms with Crippen LogP contribution < -0.4 is 5.73 Å². The first-order valence-corrected chi connectivity index (χ1v) is 5.17. The Kier molecular flexibility index (Phi) is 2.26. The average molecular weight is 224 g/mol. The molecule has 0 atom stereocenters. The van der Waals surface area contributed by atoms with Gasteiger partial charge in [0.25, 0.3) is 0 Å². The van der Waals surface area contributed by atoms with Crippen LogP contribution in [0.4, 0.5) is 5.00 Å². The minimum absolute atomic E-state index is 0.237. The van der Waals surface area contributed by atoms with Crippen LogP contribution in [-0.4, -0.2) is 10.1 Å². The van der Waals surface area contributed by atoms with Gasteiger partial charge in [-0.25, -0.2) is 0 Å². The molecule has 0 spiro atoms. The Bertz CT molecular complexity index is 498. The lowest BCUT2D eigenvalue weighted by atomic mass is 10.1. The highest BCUT2D eigenvalue weighted by atomic mass is 32.1. The maximum absolute atomic E-state index is 9.12. The summed E-state index contributed by atoms with van der Waals surface area (Å²) in [5, 5.41) is 9.79. The molecule has 1 aromatic heterocycles. The predicted molar refractivity (Wildman–Crippen MR) is 61.0 cm³/mol. The first-order valence-electron chi connectivity index (χ1n) is 3.95. The van der Waals surface area contributed by atoms with E-state index >= 15 is 0 Å². The third-order valence-electron chi connectivity index (χ3n) is 1.83. The minimum atomic E-state index is 0.237. The molecule has 0 radical (unpaired) electrons. The van der Waals surface area contributed by atoms with E-state index in [1.165, 1.54) is 11.3 Å². The second kappa shape index (κ2) is 3.43. The molecule has 0 amide bonds. The summed E-state index contributed by atoms with van der Waals surface area (Å²) in [6, 6.07) is 6.81. The van der Waals surface area contributed by atoms with E-state index in [0.717, 1.165) is 11.3 Å². The van der Waals surface area contributed by atoms with Gasteiger partial charge in [0, 0.05) is 5.56 Å². The second-order valence-corrected chi connectivity index (χ2v) is 4.52. The molecule has 0 bridgehead atoms. The van der Waals surface area contributed by atoms with Gasteiger partial charge in [0.15, 0.2) is 3.95 Å². The lowest BCUT2D eigenvalue weighted by Crippen LogP contribution is -1.84. The van der Waals surface area contributed by atoms with Crippen molar-refractivity contribution in [2.24, 2.45) is 0 Å². The van der Waals surface area contributed by atoms with E-state index in [0.29, 0.717) is 8.96 Å². The summed E-state index contributed by atoms with van der Waals surface area (Å²) in [6.45, 7) is 0. The molecule has 0 fully saturated rings. The standard InChI is InChI=1S/C9H8N2OS2/c10-8-7(11-9(13)14-8)5-1-3-6(12)4-2-5/h1-4,12H,10H2,(H,11,13). The SMILES string of the molecule is Nc1sc(=S)[nH]c1-c1ccc(O)cc1. The Balaban J connectivity index is 2.54. The van der Waals surface area contributed by atoms with Crippen molar-refractivity contribution in [3.05, 3.63) is 28.2 Å².